The number of ether oxygens (including phenoxy) is 3. The predicted molar refractivity (Wildman–Crippen MR) is 138 cm³/mol. The molecular formula is C27H26N2O7S. The lowest BCUT2D eigenvalue weighted by molar-refractivity contribution is 0.0600. The van der Waals surface area contributed by atoms with Crippen LogP contribution in [-0.2, 0) is 27.8 Å². The van der Waals surface area contributed by atoms with Gasteiger partial charge >= 0.3 is 5.97 Å². The molecule has 9 nitrogen and oxygen atoms in total. The number of sulfonamides is 1. The second-order valence-corrected chi connectivity index (χ2v) is 10.2. The van der Waals surface area contributed by atoms with Crippen LogP contribution < -0.4 is 15.0 Å². The predicted octanol–water partition coefficient (Wildman–Crippen LogP) is 3.72. The van der Waals surface area contributed by atoms with Crippen LogP contribution in [0.4, 0.5) is 0 Å². The first-order valence-corrected chi connectivity index (χ1v) is 12.7. The van der Waals surface area contributed by atoms with Gasteiger partial charge in [-0.25, -0.2) is 13.2 Å². The van der Waals surface area contributed by atoms with Gasteiger partial charge in [-0.05, 0) is 65.5 Å². The zero-order chi connectivity index (χ0) is 26.6. The molecule has 4 aromatic rings. The zero-order valence-electron chi connectivity index (χ0n) is 20.6. The summed E-state index contributed by atoms with van der Waals surface area (Å²) in [5, 5.41) is 0.736. The molecule has 37 heavy (non-hydrogen) atoms. The van der Waals surface area contributed by atoms with Crippen molar-refractivity contribution in [2.75, 3.05) is 21.3 Å². The number of hydrogen-bond donors (Lipinski definition) is 1. The summed E-state index contributed by atoms with van der Waals surface area (Å²) in [7, 11) is 0.267. The van der Waals surface area contributed by atoms with Gasteiger partial charge < -0.3 is 19.2 Å². The van der Waals surface area contributed by atoms with Gasteiger partial charge in [0.25, 0.3) is 5.56 Å². The molecule has 0 atom stereocenters. The van der Waals surface area contributed by atoms with Crippen LogP contribution in [0.2, 0.25) is 0 Å². The Labute approximate surface area is 214 Å². The molecule has 0 aliphatic carbocycles. The number of rotatable bonds is 9. The van der Waals surface area contributed by atoms with Crippen LogP contribution in [0.1, 0.15) is 21.5 Å². The van der Waals surface area contributed by atoms with Crippen LogP contribution in [-0.4, -0.2) is 45.0 Å². The molecule has 192 valence electrons. The molecule has 10 heteroatoms. The van der Waals surface area contributed by atoms with Gasteiger partial charge in [-0.3, -0.25) is 4.79 Å². The van der Waals surface area contributed by atoms with Crippen molar-refractivity contribution in [1.29, 1.82) is 0 Å². The maximum Gasteiger partial charge on any atom is 0.337 e. The molecule has 4 rings (SSSR count). The summed E-state index contributed by atoms with van der Waals surface area (Å²) >= 11 is 0. The lowest BCUT2D eigenvalue weighted by atomic mass is 10.1. The quantitative estimate of drug-likeness (QED) is 0.333. The minimum atomic E-state index is -4.07. The first-order chi connectivity index (χ1) is 17.7. The SMILES string of the molecule is COC(=O)c1ccc(S(=O)(=O)N(Cc2ccc(OC)cc2)Cc2cc3ccc(OC)cc3[nH]c2=O)cc1. The van der Waals surface area contributed by atoms with Crippen molar-refractivity contribution in [1.82, 2.24) is 9.29 Å². The molecule has 3 aromatic carbocycles. The third-order valence-corrected chi connectivity index (χ3v) is 7.71. The van der Waals surface area contributed by atoms with E-state index in [0.717, 1.165) is 5.39 Å². The number of methoxy groups -OCH3 is 3. The molecule has 0 unspecified atom stereocenters. The maximum atomic E-state index is 13.7. The topological polar surface area (TPSA) is 115 Å². The zero-order valence-corrected chi connectivity index (χ0v) is 21.4. The van der Waals surface area contributed by atoms with Crippen molar-refractivity contribution < 1.29 is 27.4 Å². The molecule has 0 radical (unpaired) electrons. The Bertz CT molecular complexity index is 1580. The monoisotopic (exact) mass is 522 g/mol. The third kappa shape index (κ3) is 5.65. The fourth-order valence-electron chi connectivity index (χ4n) is 3.85. The van der Waals surface area contributed by atoms with Crippen molar-refractivity contribution in [2.24, 2.45) is 0 Å². The molecular weight excluding hydrogens is 496 g/mol. The van der Waals surface area contributed by atoms with E-state index in [-0.39, 0.29) is 29.1 Å². The van der Waals surface area contributed by atoms with E-state index in [1.807, 2.05) is 0 Å². The Hall–Kier alpha value is -4.15. The van der Waals surface area contributed by atoms with Crippen LogP contribution in [0.25, 0.3) is 10.9 Å². The van der Waals surface area contributed by atoms with Crippen molar-refractivity contribution in [3.8, 4) is 11.5 Å². The molecule has 0 saturated heterocycles. The van der Waals surface area contributed by atoms with Gasteiger partial charge in [0.1, 0.15) is 11.5 Å². The van der Waals surface area contributed by atoms with Gasteiger partial charge in [-0.1, -0.05) is 12.1 Å². The fourth-order valence-corrected chi connectivity index (χ4v) is 5.26. The van der Waals surface area contributed by atoms with Crippen LogP contribution in [0.3, 0.4) is 0 Å². The average Bonchev–Trinajstić information content (AvgIpc) is 2.92. The highest BCUT2D eigenvalue weighted by molar-refractivity contribution is 7.89. The number of hydrogen-bond acceptors (Lipinski definition) is 7. The number of carbonyl (C=O) groups excluding carboxylic acids is 1. The second kappa shape index (κ2) is 10.9. The lowest BCUT2D eigenvalue weighted by Crippen LogP contribution is -2.32. The molecule has 0 amide bonds. The Morgan fingerprint density at radius 2 is 1.49 bits per heavy atom. The second-order valence-electron chi connectivity index (χ2n) is 8.21. The van der Waals surface area contributed by atoms with Crippen molar-refractivity contribution in [2.45, 2.75) is 18.0 Å². The van der Waals surface area contributed by atoms with Crippen LogP contribution >= 0.6 is 0 Å². The van der Waals surface area contributed by atoms with E-state index in [0.29, 0.717) is 22.6 Å². The molecule has 0 aliphatic heterocycles. The van der Waals surface area contributed by atoms with Crippen molar-refractivity contribution >= 4 is 26.9 Å². The highest BCUT2D eigenvalue weighted by Gasteiger charge is 2.26. The summed E-state index contributed by atoms with van der Waals surface area (Å²) in [6, 6.07) is 19.4. The van der Waals surface area contributed by atoms with E-state index in [1.54, 1.807) is 55.6 Å². The normalized spacial score (nSPS) is 11.5. The van der Waals surface area contributed by atoms with E-state index in [1.165, 1.54) is 42.8 Å². The lowest BCUT2D eigenvalue weighted by Gasteiger charge is -2.23. The summed E-state index contributed by atoms with van der Waals surface area (Å²) < 4.78 is 43.8. The number of aromatic amines is 1. The largest absolute Gasteiger partial charge is 0.497 e. The third-order valence-electron chi connectivity index (χ3n) is 5.91. The number of carbonyl (C=O) groups is 1. The molecule has 0 aliphatic rings. The van der Waals surface area contributed by atoms with Crippen LogP contribution in [0, 0.1) is 0 Å². The minimum absolute atomic E-state index is 0.00513. The molecule has 1 aromatic heterocycles. The smallest absolute Gasteiger partial charge is 0.337 e. The number of nitrogens with one attached hydrogen (secondary N) is 1. The highest BCUT2D eigenvalue weighted by Crippen LogP contribution is 2.24. The highest BCUT2D eigenvalue weighted by atomic mass is 32.2. The summed E-state index contributed by atoms with van der Waals surface area (Å²) in [5.74, 6) is 0.659. The van der Waals surface area contributed by atoms with E-state index >= 15 is 0 Å². The van der Waals surface area contributed by atoms with E-state index in [9.17, 15) is 18.0 Å². The number of fused-ring (bicyclic) bond motifs is 1. The molecule has 1 heterocycles. The summed E-state index contributed by atoms with van der Waals surface area (Å²) in [5.41, 5.74) is 1.38. The summed E-state index contributed by atoms with van der Waals surface area (Å²) in [6.07, 6.45) is 0. The minimum Gasteiger partial charge on any atom is -0.497 e. The first kappa shape index (κ1) is 25.9. The number of benzene rings is 3. The van der Waals surface area contributed by atoms with E-state index in [2.05, 4.69) is 4.98 Å². The molecule has 0 fully saturated rings. The summed E-state index contributed by atoms with van der Waals surface area (Å²) in [6.45, 7) is -0.171. The van der Waals surface area contributed by atoms with Gasteiger partial charge in [0.2, 0.25) is 10.0 Å². The number of nitrogens with zero attached hydrogens (tertiary/aromatic N) is 1. The Morgan fingerprint density at radius 1 is 0.838 bits per heavy atom. The number of aromatic nitrogens is 1. The number of pyridine rings is 1. The Kier molecular flexibility index (Phi) is 7.61. The van der Waals surface area contributed by atoms with Gasteiger partial charge in [0.15, 0.2) is 0 Å². The Morgan fingerprint density at radius 3 is 2.11 bits per heavy atom. The fraction of sp³-hybridized carbons (Fsp3) is 0.185. The van der Waals surface area contributed by atoms with Gasteiger partial charge in [-0.2, -0.15) is 4.31 Å². The van der Waals surface area contributed by atoms with Gasteiger partial charge in [0, 0.05) is 24.7 Å². The number of H-pyrrole nitrogens is 1. The standard InChI is InChI=1S/C27H26N2O7S/c1-34-22-9-4-18(5-10-22)16-29(37(32,33)24-12-7-19(8-13-24)27(31)36-3)17-21-14-20-6-11-23(35-2)15-25(20)28-26(21)30/h4-15H,16-17H2,1-3H3,(H,28,30). The van der Waals surface area contributed by atoms with Gasteiger partial charge in [-0.15, -0.1) is 0 Å². The van der Waals surface area contributed by atoms with Crippen molar-refractivity contribution in [3.63, 3.8) is 0 Å². The summed E-state index contributed by atoms with van der Waals surface area (Å²) in [4.78, 5) is 27.5. The molecule has 1 N–H and O–H groups in total. The van der Waals surface area contributed by atoms with Gasteiger partial charge in [0.05, 0.1) is 37.3 Å². The molecule has 0 bridgehead atoms. The van der Waals surface area contributed by atoms with E-state index < -0.39 is 21.6 Å². The molecule has 0 saturated carbocycles. The van der Waals surface area contributed by atoms with E-state index in [4.69, 9.17) is 14.2 Å². The Balaban J connectivity index is 1.74. The van der Waals surface area contributed by atoms with Crippen LogP contribution in [0.15, 0.2) is 82.5 Å². The number of esters is 1. The maximum absolute atomic E-state index is 13.7. The molecule has 0 spiro atoms. The average molecular weight is 523 g/mol. The van der Waals surface area contributed by atoms with Crippen LogP contribution in [0.5, 0.6) is 11.5 Å². The van der Waals surface area contributed by atoms with Crippen molar-refractivity contribution in [3.05, 3.63) is 99.8 Å². The first-order valence-electron chi connectivity index (χ1n) is 11.3.